The second-order valence-electron chi connectivity index (χ2n) is 4.21. The molecule has 0 aromatic heterocycles. The van der Waals surface area contributed by atoms with Crippen molar-refractivity contribution in [3.05, 3.63) is 63.9 Å². The third-order valence-electron chi connectivity index (χ3n) is 2.71. The highest BCUT2D eigenvalue weighted by Gasteiger charge is 2.09. The lowest BCUT2D eigenvalue weighted by atomic mass is 10.1. The molecule has 1 N–H and O–H groups in total. The van der Waals surface area contributed by atoms with Gasteiger partial charge in [0, 0.05) is 17.1 Å². The Hall–Kier alpha value is -1.72. The number of carbonyl (C=O) groups is 1. The predicted molar refractivity (Wildman–Crippen MR) is 79.2 cm³/mol. The molecule has 0 aliphatic rings. The summed E-state index contributed by atoms with van der Waals surface area (Å²) < 4.78 is 19.2. The molecule has 5 heteroatoms. The van der Waals surface area contributed by atoms with E-state index in [1.54, 1.807) is 37.4 Å². The second-order valence-corrected chi connectivity index (χ2v) is 5.12. The van der Waals surface area contributed by atoms with Crippen molar-refractivity contribution in [2.24, 2.45) is 0 Å². The average Bonchev–Trinajstić information content (AvgIpc) is 2.43. The molecule has 0 saturated carbocycles. The van der Waals surface area contributed by atoms with Gasteiger partial charge in [0.2, 0.25) is 0 Å². The van der Waals surface area contributed by atoms with Crippen LogP contribution in [0.3, 0.4) is 0 Å². The van der Waals surface area contributed by atoms with E-state index in [2.05, 4.69) is 21.2 Å². The molecule has 0 aliphatic heterocycles. The normalized spacial score (nSPS) is 10.3. The van der Waals surface area contributed by atoms with Crippen molar-refractivity contribution in [2.45, 2.75) is 6.61 Å². The van der Waals surface area contributed by atoms with E-state index in [1.165, 1.54) is 12.1 Å². The van der Waals surface area contributed by atoms with E-state index >= 15 is 0 Å². The summed E-state index contributed by atoms with van der Waals surface area (Å²) >= 11 is 3.17. The first-order valence-corrected chi connectivity index (χ1v) is 6.73. The molecule has 0 atom stereocenters. The number of anilines is 1. The highest BCUT2D eigenvalue weighted by Crippen LogP contribution is 2.20. The fourth-order valence-corrected chi connectivity index (χ4v) is 2.04. The molecule has 0 saturated heterocycles. The van der Waals surface area contributed by atoms with E-state index in [0.717, 1.165) is 5.56 Å². The van der Waals surface area contributed by atoms with Crippen LogP contribution in [0.2, 0.25) is 0 Å². The number of methoxy groups -OCH3 is 1. The molecule has 0 spiro atoms. The summed E-state index contributed by atoms with van der Waals surface area (Å²) in [5, 5.41) is 2.54. The van der Waals surface area contributed by atoms with Crippen LogP contribution in [0, 0.1) is 5.82 Å². The Kier molecular flexibility index (Phi) is 4.87. The van der Waals surface area contributed by atoms with E-state index in [1.807, 2.05) is 0 Å². The van der Waals surface area contributed by atoms with Gasteiger partial charge in [-0.15, -0.1) is 0 Å². The highest BCUT2D eigenvalue weighted by molar-refractivity contribution is 9.10. The summed E-state index contributed by atoms with van der Waals surface area (Å²) in [5.74, 6) is -0.834. The van der Waals surface area contributed by atoms with Gasteiger partial charge < -0.3 is 10.1 Å². The van der Waals surface area contributed by atoms with Crippen LogP contribution in [0.15, 0.2) is 46.9 Å². The number of carbonyl (C=O) groups excluding carboxylic acids is 1. The second kappa shape index (κ2) is 6.63. The highest BCUT2D eigenvalue weighted by atomic mass is 79.9. The summed E-state index contributed by atoms with van der Waals surface area (Å²) in [6, 6.07) is 11.4. The topological polar surface area (TPSA) is 38.3 Å². The van der Waals surface area contributed by atoms with Crippen molar-refractivity contribution in [3.63, 3.8) is 0 Å². The number of amides is 1. The Morgan fingerprint density at radius 3 is 2.55 bits per heavy atom. The fraction of sp³-hybridized carbons (Fsp3) is 0.133. The number of hydrogen-bond acceptors (Lipinski definition) is 2. The van der Waals surface area contributed by atoms with Gasteiger partial charge in [-0.1, -0.05) is 28.1 Å². The van der Waals surface area contributed by atoms with Crippen LogP contribution in [0.4, 0.5) is 10.1 Å². The van der Waals surface area contributed by atoms with Gasteiger partial charge in [-0.3, -0.25) is 4.79 Å². The number of benzene rings is 2. The quantitative estimate of drug-likeness (QED) is 0.916. The molecule has 104 valence electrons. The molecule has 2 aromatic carbocycles. The minimum absolute atomic E-state index is 0.152. The van der Waals surface area contributed by atoms with Crippen LogP contribution < -0.4 is 5.32 Å². The van der Waals surface area contributed by atoms with Crippen molar-refractivity contribution < 1.29 is 13.9 Å². The van der Waals surface area contributed by atoms with Crippen molar-refractivity contribution in [3.8, 4) is 0 Å². The molecular weight excluding hydrogens is 325 g/mol. The Bertz CT molecular complexity index is 614. The summed E-state index contributed by atoms with van der Waals surface area (Å²) in [7, 11) is 1.61. The molecule has 20 heavy (non-hydrogen) atoms. The zero-order valence-corrected chi connectivity index (χ0v) is 12.4. The lowest BCUT2D eigenvalue weighted by molar-refractivity contribution is 0.102. The maximum Gasteiger partial charge on any atom is 0.255 e. The first kappa shape index (κ1) is 14.7. The molecule has 1 amide bonds. The van der Waals surface area contributed by atoms with Crippen LogP contribution in [-0.4, -0.2) is 13.0 Å². The molecule has 2 aromatic rings. The number of nitrogens with one attached hydrogen (secondary N) is 1. The molecule has 2 rings (SSSR count). The Balaban J connectivity index is 2.11. The third-order valence-corrected chi connectivity index (χ3v) is 3.20. The molecule has 0 heterocycles. The van der Waals surface area contributed by atoms with E-state index in [0.29, 0.717) is 16.6 Å². The van der Waals surface area contributed by atoms with Crippen LogP contribution in [0.1, 0.15) is 15.9 Å². The molecule has 0 aliphatic carbocycles. The lowest BCUT2D eigenvalue weighted by Gasteiger charge is -2.07. The van der Waals surface area contributed by atoms with E-state index in [-0.39, 0.29) is 11.6 Å². The summed E-state index contributed by atoms with van der Waals surface area (Å²) in [4.78, 5) is 12.0. The van der Waals surface area contributed by atoms with Crippen molar-refractivity contribution in [2.75, 3.05) is 12.4 Å². The lowest BCUT2D eigenvalue weighted by Crippen LogP contribution is -2.13. The van der Waals surface area contributed by atoms with Crippen molar-refractivity contribution in [1.29, 1.82) is 0 Å². The number of ether oxygens (including phenoxy) is 1. The molecule has 0 bridgehead atoms. The monoisotopic (exact) mass is 337 g/mol. The van der Waals surface area contributed by atoms with Gasteiger partial charge in [0.25, 0.3) is 5.91 Å². The van der Waals surface area contributed by atoms with Crippen LogP contribution in [0.25, 0.3) is 0 Å². The maximum absolute atomic E-state index is 13.6. The molecule has 0 unspecified atom stereocenters. The zero-order chi connectivity index (χ0) is 14.5. The third kappa shape index (κ3) is 3.65. The Morgan fingerprint density at radius 2 is 1.95 bits per heavy atom. The van der Waals surface area contributed by atoms with E-state index in [4.69, 9.17) is 4.74 Å². The van der Waals surface area contributed by atoms with Crippen LogP contribution >= 0.6 is 15.9 Å². The maximum atomic E-state index is 13.6. The van der Waals surface area contributed by atoms with Gasteiger partial charge in [-0.2, -0.15) is 0 Å². The summed E-state index contributed by atoms with van der Waals surface area (Å²) in [6.45, 7) is 0.489. The van der Waals surface area contributed by atoms with Gasteiger partial charge in [-0.25, -0.2) is 4.39 Å². The fourth-order valence-electron chi connectivity index (χ4n) is 1.70. The van der Waals surface area contributed by atoms with E-state index in [9.17, 15) is 9.18 Å². The largest absolute Gasteiger partial charge is 0.380 e. The number of rotatable bonds is 4. The molecular formula is C15H13BrFNO2. The van der Waals surface area contributed by atoms with Gasteiger partial charge >= 0.3 is 0 Å². The Labute approximate surface area is 124 Å². The first-order valence-electron chi connectivity index (χ1n) is 5.94. The first-order chi connectivity index (χ1) is 9.60. The van der Waals surface area contributed by atoms with Crippen LogP contribution in [0.5, 0.6) is 0 Å². The van der Waals surface area contributed by atoms with Crippen molar-refractivity contribution in [1.82, 2.24) is 0 Å². The summed E-state index contributed by atoms with van der Waals surface area (Å²) in [5.41, 5.74) is 1.59. The zero-order valence-electron chi connectivity index (χ0n) is 10.8. The SMILES string of the molecule is COCc1ccc(C(=O)Nc2ccc(Br)cc2F)cc1. The summed E-state index contributed by atoms with van der Waals surface area (Å²) in [6.07, 6.45) is 0. The Morgan fingerprint density at radius 1 is 1.25 bits per heavy atom. The van der Waals surface area contributed by atoms with Gasteiger partial charge in [-0.05, 0) is 35.9 Å². The molecule has 0 fully saturated rings. The number of halogens is 2. The predicted octanol–water partition coefficient (Wildman–Crippen LogP) is 3.99. The molecule has 0 radical (unpaired) electrons. The van der Waals surface area contributed by atoms with Gasteiger partial charge in [0.1, 0.15) is 5.82 Å². The van der Waals surface area contributed by atoms with Gasteiger partial charge in [0.05, 0.1) is 12.3 Å². The van der Waals surface area contributed by atoms with Crippen LogP contribution in [-0.2, 0) is 11.3 Å². The van der Waals surface area contributed by atoms with Gasteiger partial charge in [0.15, 0.2) is 0 Å². The average molecular weight is 338 g/mol. The molecule has 3 nitrogen and oxygen atoms in total. The smallest absolute Gasteiger partial charge is 0.255 e. The van der Waals surface area contributed by atoms with E-state index < -0.39 is 5.82 Å². The number of hydrogen-bond donors (Lipinski definition) is 1. The minimum atomic E-state index is -0.483. The standard InChI is InChI=1S/C15H13BrFNO2/c1-20-9-10-2-4-11(5-3-10)15(19)18-14-7-6-12(16)8-13(14)17/h2-8H,9H2,1H3,(H,18,19). The minimum Gasteiger partial charge on any atom is -0.380 e. The van der Waals surface area contributed by atoms with Crippen molar-refractivity contribution >= 4 is 27.5 Å².